The van der Waals surface area contributed by atoms with Crippen LogP contribution in [0.25, 0.3) is 11.4 Å². The molecule has 1 N–H and O–H groups in total. The van der Waals surface area contributed by atoms with E-state index in [2.05, 4.69) is 39.4 Å². The Morgan fingerprint density at radius 2 is 2.00 bits per heavy atom. The summed E-state index contributed by atoms with van der Waals surface area (Å²) in [5.74, 6) is 1.25. The fourth-order valence-corrected chi connectivity index (χ4v) is 4.24. The highest BCUT2D eigenvalue weighted by Crippen LogP contribution is 2.23. The van der Waals surface area contributed by atoms with Crippen molar-refractivity contribution in [2.45, 2.75) is 52.5 Å². The molecule has 1 fully saturated rings. The molecule has 0 spiro atoms. The lowest BCUT2D eigenvalue weighted by Crippen LogP contribution is -2.40. The second-order valence-electron chi connectivity index (χ2n) is 8.69. The van der Waals surface area contributed by atoms with Gasteiger partial charge >= 0.3 is 0 Å². The fourth-order valence-electron chi connectivity index (χ4n) is 4.24. The summed E-state index contributed by atoms with van der Waals surface area (Å²) < 4.78 is 5.50. The number of unbranched alkanes of at least 4 members (excludes halogenated alkanes) is 1. The summed E-state index contributed by atoms with van der Waals surface area (Å²) in [6.45, 7) is 6.43. The Morgan fingerprint density at radius 1 is 1.19 bits per heavy atom. The molecule has 32 heavy (non-hydrogen) atoms. The zero-order valence-corrected chi connectivity index (χ0v) is 19.0. The van der Waals surface area contributed by atoms with E-state index in [9.17, 15) is 4.79 Å². The minimum Gasteiger partial charge on any atom is -0.338 e. The monoisotopic (exact) mass is 432 g/mol. The maximum absolute atomic E-state index is 12.9. The number of hydrogen-bond donors (Lipinski definition) is 1. The normalized spacial score (nSPS) is 16.8. The lowest BCUT2D eigenvalue weighted by molar-refractivity contribution is -0.121. The third kappa shape index (κ3) is 5.62. The molecule has 1 aliphatic heterocycles. The van der Waals surface area contributed by atoms with Crippen molar-refractivity contribution in [3.05, 3.63) is 65.5 Å². The van der Waals surface area contributed by atoms with Crippen LogP contribution in [-0.4, -0.2) is 34.0 Å². The standard InChI is InChI=1S/C26H32N4O2/c1-3-4-9-20-12-14-22(15-13-20)27-26(31)21-10-7-16-30(17-21)18-24-28-25(29-32-24)23-11-6-5-8-19(23)2/h5-6,8,11-15,21H,3-4,7,9-10,16-18H2,1-2H3,(H,27,31). The van der Waals surface area contributed by atoms with Crippen molar-refractivity contribution < 1.29 is 9.32 Å². The van der Waals surface area contributed by atoms with Crippen LogP contribution in [0.2, 0.25) is 0 Å². The highest BCUT2D eigenvalue weighted by Gasteiger charge is 2.27. The number of benzene rings is 2. The second-order valence-corrected chi connectivity index (χ2v) is 8.69. The van der Waals surface area contributed by atoms with E-state index < -0.39 is 0 Å². The van der Waals surface area contributed by atoms with Crippen molar-refractivity contribution in [1.82, 2.24) is 15.0 Å². The fraction of sp³-hybridized carbons (Fsp3) is 0.423. The molecule has 1 amide bonds. The first-order chi connectivity index (χ1) is 15.6. The van der Waals surface area contributed by atoms with Gasteiger partial charge in [0, 0.05) is 17.8 Å². The number of likely N-dealkylation sites (tertiary alicyclic amines) is 1. The van der Waals surface area contributed by atoms with Gasteiger partial charge in [-0.05, 0) is 62.4 Å². The van der Waals surface area contributed by atoms with E-state index in [1.165, 1.54) is 18.4 Å². The maximum Gasteiger partial charge on any atom is 0.241 e. The minimum atomic E-state index is -0.0396. The Balaban J connectivity index is 1.32. The summed E-state index contributed by atoms with van der Waals surface area (Å²) in [6, 6.07) is 16.3. The highest BCUT2D eigenvalue weighted by molar-refractivity contribution is 5.92. The summed E-state index contributed by atoms with van der Waals surface area (Å²) in [7, 11) is 0. The third-order valence-corrected chi connectivity index (χ3v) is 6.13. The number of carbonyl (C=O) groups excluding carboxylic acids is 1. The number of carbonyl (C=O) groups is 1. The summed E-state index contributed by atoms with van der Waals surface area (Å²) >= 11 is 0. The number of piperidine rings is 1. The molecule has 6 heteroatoms. The van der Waals surface area contributed by atoms with Crippen LogP contribution in [0.3, 0.4) is 0 Å². The molecule has 6 nitrogen and oxygen atoms in total. The number of nitrogens with zero attached hydrogens (tertiary/aromatic N) is 3. The number of hydrogen-bond acceptors (Lipinski definition) is 5. The topological polar surface area (TPSA) is 71.3 Å². The average molecular weight is 433 g/mol. The summed E-state index contributed by atoms with van der Waals surface area (Å²) in [6.07, 6.45) is 5.34. The molecule has 1 aliphatic rings. The van der Waals surface area contributed by atoms with Gasteiger partial charge in [0.05, 0.1) is 12.5 Å². The number of aryl methyl sites for hydroxylation is 2. The number of aromatic nitrogens is 2. The molecule has 3 aromatic rings. The van der Waals surface area contributed by atoms with Crippen molar-refractivity contribution in [2.75, 3.05) is 18.4 Å². The van der Waals surface area contributed by atoms with Gasteiger partial charge in [-0.15, -0.1) is 0 Å². The number of nitrogens with one attached hydrogen (secondary N) is 1. The summed E-state index contributed by atoms with van der Waals surface area (Å²) in [5, 5.41) is 7.25. The third-order valence-electron chi connectivity index (χ3n) is 6.13. The van der Waals surface area contributed by atoms with E-state index >= 15 is 0 Å². The Labute approximate surface area is 190 Å². The molecule has 1 aromatic heterocycles. The molecule has 1 atom stereocenters. The average Bonchev–Trinajstić information content (AvgIpc) is 3.27. The van der Waals surface area contributed by atoms with Crippen molar-refractivity contribution >= 4 is 11.6 Å². The quantitative estimate of drug-likeness (QED) is 0.527. The highest BCUT2D eigenvalue weighted by atomic mass is 16.5. The minimum absolute atomic E-state index is 0.0396. The van der Waals surface area contributed by atoms with Crippen LogP contribution in [-0.2, 0) is 17.8 Å². The van der Waals surface area contributed by atoms with E-state index in [-0.39, 0.29) is 11.8 Å². The van der Waals surface area contributed by atoms with Crippen LogP contribution in [0.4, 0.5) is 5.69 Å². The van der Waals surface area contributed by atoms with Crippen molar-refractivity contribution in [3.63, 3.8) is 0 Å². The Hall–Kier alpha value is -2.99. The van der Waals surface area contributed by atoms with E-state index in [4.69, 9.17) is 4.52 Å². The van der Waals surface area contributed by atoms with Gasteiger partial charge in [-0.25, -0.2) is 0 Å². The molecule has 2 heterocycles. The number of amides is 1. The predicted octanol–water partition coefficient (Wildman–Crippen LogP) is 5.24. The van der Waals surface area contributed by atoms with Gasteiger partial charge in [-0.2, -0.15) is 4.98 Å². The number of anilines is 1. The van der Waals surface area contributed by atoms with Crippen molar-refractivity contribution in [3.8, 4) is 11.4 Å². The molecule has 0 bridgehead atoms. The predicted molar refractivity (Wildman–Crippen MR) is 126 cm³/mol. The van der Waals surface area contributed by atoms with Crippen LogP contribution < -0.4 is 5.32 Å². The van der Waals surface area contributed by atoms with Crippen molar-refractivity contribution in [2.24, 2.45) is 5.92 Å². The lowest BCUT2D eigenvalue weighted by atomic mass is 9.97. The first kappa shape index (κ1) is 22.2. The van der Waals surface area contributed by atoms with Gasteiger partial charge < -0.3 is 9.84 Å². The van der Waals surface area contributed by atoms with Gasteiger partial charge in [0.15, 0.2) is 0 Å². The van der Waals surface area contributed by atoms with Crippen LogP contribution >= 0.6 is 0 Å². The Bertz CT molecular complexity index is 1030. The lowest BCUT2D eigenvalue weighted by Gasteiger charge is -2.30. The zero-order chi connectivity index (χ0) is 22.3. The van der Waals surface area contributed by atoms with Crippen LogP contribution in [0.5, 0.6) is 0 Å². The van der Waals surface area contributed by atoms with Gasteiger partial charge in [0.2, 0.25) is 17.6 Å². The van der Waals surface area contributed by atoms with Crippen molar-refractivity contribution in [1.29, 1.82) is 0 Å². The molecular formula is C26H32N4O2. The SMILES string of the molecule is CCCCc1ccc(NC(=O)C2CCCN(Cc3nc(-c4ccccc4C)no3)C2)cc1. The number of rotatable bonds is 8. The maximum atomic E-state index is 12.9. The Kier molecular flexibility index (Phi) is 7.32. The van der Waals surface area contributed by atoms with Gasteiger partial charge in [-0.3, -0.25) is 9.69 Å². The first-order valence-electron chi connectivity index (χ1n) is 11.6. The van der Waals surface area contributed by atoms with E-state index in [1.807, 2.05) is 43.3 Å². The van der Waals surface area contributed by atoms with E-state index in [0.29, 0.717) is 24.8 Å². The molecule has 4 rings (SSSR count). The van der Waals surface area contributed by atoms with Gasteiger partial charge in [-0.1, -0.05) is 54.9 Å². The molecular weight excluding hydrogens is 400 g/mol. The second kappa shape index (κ2) is 10.6. The first-order valence-corrected chi connectivity index (χ1v) is 11.6. The summed E-state index contributed by atoms with van der Waals surface area (Å²) in [5.41, 5.74) is 4.29. The Morgan fingerprint density at radius 3 is 2.78 bits per heavy atom. The smallest absolute Gasteiger partial charge is 0.241 e. The van der Waals surface area contributed by atoms with Crippen LogP contribution in [0.1, 0.15) is 49.6 Å². The van der Waals surface area contributed by atoms with Crippen LogP contribution in [0.15, 0.2) is 53.1 Å². The molecule has 0 aliphatic carbocycles. The molecule has 0 saturated carbocycles. The van der Waals surface area contributed by atoms with Crippen LogP contribution in [0, 0.1) is 12.8 Å². The molecule has 168 valence electrons. The van der Waals surface area contributed by atoms with Gasteiger partial charge in [0.25, 0.3) is 0 Å². The molecule has 2 aromatic carbocycles. The van der Waals surface area contributed by atoms with E-state index in [1.54, 1.807) is 0 Å². The van der Waals surface area contributed by atoms with E-state index in [0.717, 1.165) is 42.6 Å². The molecule has 1 unspecified atom stereocenters. The largest absolute Gasteiger partial charge is 0.338 e. The molecule has 0 radical (unpaired) electrons. The van der Waals surface area contributed by atoms with Gasteiger partial charge in [0.1, 0.15) is 0 Å². The summed E-state index contributed by atoms with van der Waals surface area (Å²) in [4.78, 5) is 19.7. The zero-order valence-electron chi connectivity index (χ0n) is 19.0. The molecule has 1 saturated heterocycles.